The molecule has 5 rings (SSSR count). The predicted molar refractivity (Wildman–Crippen MR) is 133 cm³/mol. The molecule has 2 saturated heterocycles. The number of amides is 2. The molecule has 2 aromatic heterocycles. The van der Waals surface area contributed by atoms with Crippen LogP contribution in [-0.2, 0) is 5.75 Å². The van der Waals surface area contributed by atoms with Crippen LogP contribution in [0.5, 0.6) is 0 Å². The molecule has 0 aliphatic carbocycles. The van der Waals surface area contributed by atoms with Crippen molar-refractivity contribution in [1.29, 1.82) is 0 Å². The fourth-order valence-corrected chi connectivity index (χ4v) is 6.26. The Hall–Kier alpha value is -2.32. The number of thiophene rings is 1. The molecule has 0 N–H and O–H groups in total. The van der Waals surface area contributed by atoms with E-state index in [-0.39, 0.29) is 6.03 Å². The van der Waals surface area contributed by atoms with E-state index in [0.717, 1.165) is 74.3 Å². The van der Waals surface area contributed by atoms with Gasteiger partial charge >= 0.3 is 6.03 Å². The highest BCUT2D eigenvalue weighted by atomic mass is 32.2. The van der Waals surface area contributed by atoms with Gasteiger partial charge in [-0.1, -0.05) is 18.2 Å². The molecule has 2 aliphatic heterocycles. The minimum atomic E-state index is 0.206. The Morgan fingerprint density at radius 3 is 2.38 bits per heavy atom. The van der Waals surface area contributed by atoms with Crippen molar-refractivity contribution < 1.29 is 4.79 Å². The Morgan fingerprint density at radius 1 is 0.969 bits per heavy atom. The summed E-state index contributed by atoms with van der Waals surface area (Å²) in [5.41, 5.74) is 1.28. The van der Waals surface area contributed by atoms with Crippen molar-refractivity contribution in [3.05, 3.63) is 46.6 Å². The Bertz CT molecular complexity index is 1100. The first kappa shape index (κ1) is 21.5. The quantitative estimate of drug-likeness (QED) is 0.509. The summed E-state index contributed by atoms with van der Waals surface area (Å²) < 4.78 is 0. The maximum Gasteiger partial charge on any atom is 0.320 e. The lowest BCUT2D eigenvalue weighted by atomic mass is 10.2. The molecule has 0 bridgehead atoms. The van der Waals surface area contributed by atoms with Crippen molar-refractivity contribution >= 4 is 45.2 Å². The van der Waals surface area contributed by atoms with Gasteiger partial charge in [0.05, 0.1) is 11.1 Å². The minimum absolute atomic E-state index is 0.206. The molecule has 2 fully saturated rings. The second kappa shape index (κ2) is 9.27. The van der Waals surface area contributed by atoms with Crippen molar-refractivity contribution in [2.75, 3.05) is 44.2 Å². The molecule has 0 spiro atoms. The third-order valence-electron chi connectivity index (χ3n) is 6.39. The summed E-state index contributed by atoms with van der Waals surface area (Å²) in [5, 5.41) is 1.18. The summed E-state index contributed by atoms with van der Waals surface area (Å²) in [6.45, 7) is 9.26. The molecule has 0 radical (unpaired) electrons. The van der Waals surface area contributed by atoms with Crippen LogP contribution in [0.3, 0.4) is 0 Å². The van der Waals surface area contributed by atoms with Crippen LogP contribution in [0.25, 0.3) is 10.2 Å². The molecule has 3 aromatic rings. The summed E-state index contributed by atoms with van der Waals surface area (Å²) >= 11 is 3.53. The normalized spacial score (nSPS) is 16.9. The summed E-state index contributed by atoms with van der Waals surface area (Å²) in [4.78, 5) is 32.7. The third-order valence-corrected chi connectivity index (χ3v) is 8.50. The molecule has 6 nitrogen and oxygen atoms in total. The number of anilines is 1. The molecule has 32 heavy (non-hydrogen) atoms. The van der Waals surface area contributed by atoms with Gasteiger partial charge in [0, 0.05) is 49.0 Å². The maximum absolute atomic E-state index is 12.8. The van der Waals surface area contributed by atoms with Gasteiger partial charge in [0.2, 0.25) is 0 Å². The molecule has 2 aliphatic rings. The number of fused-ring (bicyclic) bond motifs is 1. The molecule has 0 unspecified atom stereocenters. The fourth-order valence-electron chi connectivity index (χ4n) is 4.45. The number of benzene rings is 1. The second-order valence-electron chi connectivity index (χ2n) is 8.48. The molecule has 168 valence electrons. The van der Waals surface area contributed by atoms with Crippen LogP contribution in [0, 0.1) is 13.8 Å². The van der Waals surface area contributed by atoms with Gasteiger partial charge in [0.1, 0.15) is 16.5 Å². The second-order valence-corrected chi connectivity index (χ2v) is 10.7. The molecular weight excluding hydrogens is 438 g/mol. The van der Waals surface area contributed by atoms with Gasteiger partial charge in [-0.2, -0.15) is 0 Å². The monoisotopic (exact) mass is 467 g/mol. The van der Waals surface area contributed by atoms with Crippen LogP contribution in [0.1, 0.15) is 29.1 Å². The Kier molecular flexibility index (Phi) is 6.24. The number of carbonyl (C=O) groups is 1. The lowest BCUT2D eigenvalue weighted by Gasteiger charge is -2.37. The lowest BCUT2D eigenvalue weighted by molar-refractivity contribution is 0.159. The fraction of sp³-hybridized carbons (Fsp3) is 0.458. The smallest absolute Gasteiger partial charge is 0.320 e. The topological polar surface area (TPSA) is 52.6 Å². The number of aromatic nitrogens is 2. The van der Waals surface area contributed by atoms with Crippen LogP contribution in [0.15, 0.2) is 35.2 Å². The standard InChI is InChI=1S/C24H29N5OS2/c1-17-18(2)32-23-21(17)22(25-20(26-23)16-31-19-8-4-3-5-9-19)27-12-14-29(15-13-27)24(30)28-10-6-7-11-28/h3-5,8-9H,6-7,10-16H2,1-2H3. The SMILES string of the molecule is Cc1sc2nc(CSc3ccccc3)nc(N3CCN(C(=O)N4CCCC4)CC3)c2c1C. The van der Waals surface area contributed by atoms with E-state index in [4.69, 9.17) is 9.97 Å². The predicted octanol–water partition coefficient (Wildman–Crippen LogP) is 4.94. The van der Waals surface area contributed by atoms with E-state index in [1.807, 2.05) is 15.9 Å². The van der Waals surface area contributed by atoms with E-state index in [9.17, 15) is 4.79 Å². The summed E-state index contributed by atoms with van der Waals surface area (Å²) in [6.07, 6.45) is 2.26. The number of nitrogens with zero attached hydrogens (tertiary/aromatic N) is 5. The molecule has 8 heteroatoms. The summed E-state index contributed by atoms with van der Waals surface area (Å²) in [6, 6.07) is 10.6. The number of carbonyl (C=O) groups excluding carboxylic acids is 1. The minimum Gasteiger partial charge on any atom is -0.352 e. The van der Waals surface area contributed by atoms with Crippen LogP contribution in [-0.4, -0.2) is 65.1 Å². The Balaban J connectivity index is 1.37. The largest absolute Gasteiger partial charge is 0.352 e. The van der Waals surface area contributed by atoms with Crippen molar-refractivity contribution in [3.8, 4) is 0 Å². The number of hydrogen-bond donors (Lipinski definition) is 0. The highest BCUT2D eigenvalue weighted by Crippen LogP contribution is 2.36. The van der Waals surface area contributed by atoms with E-state index in [2.05, 4.69) is 43.0 Å². The Morgan fingerprint density at radius 2 is 1.66 bits per heavy atom. The van der Waals surface area contributed by atoms with Gasteiger partial charge < -0.3 is 14.7 Å². The Labute approximate surface area is 197 Å². The number of piperazine rings is 1. The van der Waals surface area contributed by atoms with E-state index >= 15 is 0 Å². The van der Waals surface area contributed by atoms with Crippen molar-refractivity contribution in [3.63, 3.8) is 0 Å². The van der Waals surface area contributed by atoms with E-state index in [1.54, 1.807) is 23.1 Å². The molecule has 0 atom stereocenters. The van der Waals surface area contributed by atoms with Gasteiger partial charge in [-0.15, -0.1) is 23.1 Å². The highest BCUT2D eigenvalue weighted by Gasteiger charge is 2.28. The van der Waals surface area contributed by atoms with Crippen LogP contribution < -0.4 is 4.90 Å². The van der Waals surface area contributed by atoms with E-state index in [1.165, 1.54) is 20.7 Å². The maximum atomic E-state index is 12.8. The third kappa shape index (κ3) is 4.30. The van der Waals surface area contributed by atoms with Crippen LogP contribution in [0.2, 0.25) is 0 Å². The van der Waals surface area contributed by atoms with Gasteiger partial charge in [0.25, 0.3) is 0 Å². The summed E-state index contributed by atoms with van der Waals surface area (Å²) in [5.74, 6) is 2.66. The number of aryl methyl sites for hydroxylation is 2. The zero-order chi connectivity index (χ0) is 22.1. The van der Waals surface area contributed by atoms with Crippen molar-refractivity contribution in [1.82, 2.24) is 19.8 Å². The van der Waals surface area contributed by atoms with Crippen molar-refractivity contribution in [2.45, 2.75) is 37.3 Å². The van der Waals surface area contributed by atoms with Gasteiger partial charge in [-0.05, 0) is 44.4 Å². The van der Waals surface area contributed by atoms with Gasteiger partial charge in [-0.25, -0.2) is 14.8 Å². The molecule has 0 saturated carbocycles. The van der Waals surface area contributed by atoms with Gasteiger partial charge in [0.15, 0.2) is 0 Å². The molecule has 4 heterocycles. The number of hydrogen-bond acceptors (Lipinski definition) is 6. The van der Waals surface area contributed by atoms with Crippen LogP contribution in [0.4, 0.5) is 10.6 Å². The first-order valence-electron chi connectivity index (χ1n) is 11.3. The lowest BCUT2D eigenvalue weighted by Crippen LogP contribution is -2.52. The highest BCUT2D eigenvalue weighted by molar-refractivity contribution is 7.98. The zero-order valence-electron chi connectivity index (χ0n) is 18.7. The van der Waals surface area contributed by atoms with Gasteiger partial charge in [-0.3, -0.25) is 0 Å². The van der Waals surface area contributed by atoms with E-state index < -0.39 is 0 Å². The average Bonchev–Trinajstić information content (AvgIpc) is 3.46. The zero-order valence-corrected chi connectivity index (χ0v) is 20.3. The number of urea groups is 1. The molecular formula is C24H29N5OS2. The van der Waals surface area contributed by atoms with Crippen molar-refractivity contribution in [2.24, 2.45) is 0 Å². The molecule has 2 amide bonds. The number of thioether (sulfide) groups is 1. The number of likely N-dealkylation sites (tertiary alicyclic amines) is 1. The summed E-state index contributed by atoms with van der Waals surface area (Å²) in [7, 11) is 0. The molecule has 1 aromatic carbocycles. The van der Waals surface area contributed by atoms with E-state index in [0.29, 0.717) is 0 Å². The first-order valence-corrected chi connectivity index (χ1v) is 13.1. The number of rotatable bonds is 4. The average molecular weight is 468 g/mol. The van der Waals surface area contributed by atoms with Crippen LogP contribution >= 0.6 is 23.1 Å². The first-order chi connectivity index (χ1) is 15.6.